The molecule has 122 valence electrons. The smallest absolute Gasteiger partial charge is 0.276 e. The van der Waals surface area contributed by atoms with Gasteiger partial charge in [-0.1, -0.05) is 35.0 Å². The molecule has 0 saturated carbocycles. The molecule has 4 rings (SSSR count). The number of amides is 1. The van der Waals surface area contributed by atoms with Crippen LogP contribution in [0, 0.1) is 6.92 Å². The first-order valence-electron chi connectivity index (χ1n) is 8.10. The summed E-state index contributed by atoms with van der Waals surface area (Å²) in [7, 11) is 0. The first-order chi connectivity index (χ1) is 11.7. The summed E-state index contributed by atoms with van der Waals surface area (Å²) in [5, 5.41) is 3.94. The maximum Gasteiger partial charge on any atom is 0.276 e. The standard InChI is InChI=1S/C19H18N2O3/c1-13-5-2-6-14(11-13)16-7-3-9-21(16)19(22)15-12-18(24-20-15)17-8-4-10-23-17/h2,4-6,8,10-12,16H,3,7,9H2,1H3. The van der Waals surface area contributed by atoms with Crippen molar-refractivity contribution in [1.82, 2.24) is 10.1 Å². The average molecular weight is 322 g/mol. The van der Waals surface area contributed by atoms with Crippen molar-refractivity contribution in [3.05, 3.63) is 65.5 Å². The van der Waals surface area contributed by atoms with Crippen molar-refractivity contribution in [3.8, 4) is 11.5 Å². The maximum absolute atomic E-state index is 12.9. The zero-order valence-electron chi connectivity index (χ0n) is 13.4. The fourth-order valence-electron chi connectivity index (χ4n) is 3.29. The number of aryl methyl sites for hydroxylation is 1. The number of likely N-dealkylation sites (tertiary alicyclic amines) is 1. The van der Waals surface area contributed by atoms with Gasteiger partial charge in [0.05, 0.1) is 12.3 Å². The van der Waals surface area contributed by atoms with Gasteiger partial charge in [0.1, 0.15) is 0 Å². The highest BCUT2D eigenvalue weighted by molar-refractivity contribution is 5.93. The van der Waals surface area contributed by atoms with Gasteiger partial charge in [0.15, 0.2) is 11.5 Å². The van der Waals surface area contributed by atoms with E-state index in [0.29, 0.717) is 17.2 Å². The molecule has 3 heterocycles. The van der Waals surface area contributed by atoms with E-state index in [-0.39, 0.29) is 11.9 Å². The number of nitrogens with zero attached hydrogens (tertiary/aromatic N) is 2. The summed E-state index contributed by atoms with van der Waals surface area (Å²) in [6.45, 7) is 2.80. The molecule has 24 heavy (non-hydrogen) atoms. The molecular formula is C19H18N2O3. The molecule has 5 nitrogen and oxygen atoms in total. The quantitative estimate of drug-likeness (QED) is 0.724. The SMILES string of the molecule is Cc1cccc(C2CCCN2C(=O)c2cc(-c3ccco3)on2)c1. The largest absolute Gasteiger partial charge is 0.461 e. The second-order valence-electron chi connectivity index (χ2n) is 6.12. The van der Waals surface area contributed by atoms with Crippen LogP contribution < -0.4 is 0 Å². The molecule has 1 atom stereocenters. The van der Waals surface area contributed by atoms with Crippen molar-refractivity contribution in [1.29, 1.82) is 0 Å². The van der Waals surface area contributed by atoms with Crippen LogP contribution in [-0.2, 0) is 0 Å². The van der Waals surface area contributed by atoms with E-state index in [0.717, 1.165) is 19.4 Å². The van der Waals surface area contributed by atoms with Crippen LogP contribution in [0.2, 0.25) is 0 Å². The van der Waals surface area contributed by atoms with Gasteiger partial charge in [-0.15, -0.1) is 0 Å². The Hall–Kier alpha value is -2.82. The second kappa shape index (κ2) is 6.00. The van der Waals surface area contributed by atoms with Crippen LogP contribution in [0.4, 0.5) is 0 Å². The van der Waals surface area contributed by atoms with Gasteiger partial charge in [0, 0.05) is 12.6 Å². The van der Waals surface area contributed by atoms with E-state index in [4.69, 9.17) is 8.94 Å². The lowest BCUT2D eigenvalue weighted by molar-refractivity contribution is 0.0725. The van der Waals surface area contributed by atoms with Crippen LogP contribution >= 0.6 is 0 Å². The summed E-state index contributed by atoms with van der Waals surface area (Å²) in [5.74, 6) is 0.938. The zero-order valence-corrected chi connectivity index (χ0v) is 13.4. The van der Waals surface area contributed by atoms with E-state index in [1.807, 2.05) is 11.0 Å². The highest BCUT2D eigenvalue weighted by Gasteiger charge is 2.32. The number of rotatable bonds is 3. The van der Waals surface area contributed by atoms with Crippen molar-refractivity contribution in [2.75, 3.05) is 6.54 Å². The molecule has 1 aliphatic heterocycles. The van der Waals surface area contributed by atoms with Gasteiger partial charge in [0.25, 0.3) is 5.91 Å². The number of carbonyl (C=O) groups excluding carboxylic acids is 1. The van der Waals surface area contributed by atoms with Crippen molar-refractivity contribution < 1.29 is 13.7 Å². The number of aromatic nitrogens is 1. The Morgan fingerprint density at radius 3 is 2.92 bits per heavy atom. The van der Waals surface area contributed by atoms with E-state index in [1.165, 1.54) is 11.1 Å². The molecule has 0 bridgehead atoms. The van der Waals surface area contributed by atoms with Gasteiger partial charge in [-0.3, -0.25) is 4.79 Å². The van der Waals surface area contributed by atoms with Gasteiger partial charge >= 0.3 is 0 Å². The summed E-state index contributed by atoms with van der Waals surface area (Å²) < 4.78 is 10.5. The van der Waals surface area contributed by atoms with Gasteiger partial charge < -0.3 is 13.8 Å². The fourth-order valence-corrected chi connectivity index (χ4v) is 3.29. The number of hydrogen-bond donors (Lipinski definition) is 0. The van der Waals surface area contributed by atoms with Crippen LogP contribution in [0.1, 0.15) is 40.5 Å². The molecule has 5 heteroatoms. The van der Waals surface area contributed by atoms with E-state index >= 15 is 0 Å². The lowest BCUT2D eigenvalue weighted by Crippen LogP contribution is -2.30. The summed E-state index contributed by atoms with van der Waals surface area (Å²) in [6, 6.07) is 13.6. The maximum atomic E-state index is 12.9. The Labute approximate surface area is 139 Å². The molecule has 0 radical (unpaired) electrons. The van der Waals surface area contributed by atoms with Gasteiger partial charge in [-0.25, -0.2) is 0 Å². The van der Waals surface area contributed by atoms with E-state index in [2.05, 4.69) is 30.3 Å². The van der Waals surface area contributed by atoms with Gasteiger partial charge in [0.2, 0.25) is 5.76 Å². The van der Waals surface area contributed by atoms with Crippen LogP contribution in [0.15, 0.2) is 57.7 Å². The Balaban J connectivity index is 1.59. The minimum atomic E-state index is -0.0967. The molecule has 0 aliphatic carbocycles. The third-order valence-corrected chi connectivity index (χ3v) is 4.43. The Kier molecular flexibility index (Phi) is 3.69. The predicted octanol–water partition coefficient (Wildman–Crippen LogP) is 4.22. The van der Waals surface area contributed by atoms with Crippen LogP contribution in [0.5, 0.6) is 0 Å². The van der Waals surface area contributed by atoms with E-state index in [9.17, 15) is 4.79 Å². The first-order valence-corrected chi connectivity index (χ1v) is 8.10. The number of furan rings is 1. The molecule has 0 N–H and O–H groups in total. The van der Waals surface area contributed by atoms with E-state index in [1.54, 1.807) is 24.5 Å². The summed E-state index contributed by atoms with van der Waals surface area (Å²) in [5.41, 5.74) is 2.70. The van der Waals surface area contributed by atoms with Crippen LogP contribution in [-0.4, -0.2) is 22.5 Å². The molecule has 2 aromatic heterocycles. The lowest BCUT2D eigenvalue weighted by atomic mass is 10.0. The minimum absolute atomic E-state index is 0.0967. The molecule has 1 saturated heterocycles. The lowest BCUT2D eigenvalue weighted by Gasteiger charge is -2.24. The molecule has 1 unspecified atom stereocenters. The Bertz CT molecular complexity index is 851. The second-order valence-corrected chi connectivity index (χ2v) is 6.12. The first kappa shape index (κ1) is 14.8. The van der Waals surface area contributed by atoms with E-state index < -0.39 is 0 Å². The molecule has 1 fully saturated rings. The minimum Gasteiger partial charge on any atom is -0.461 e. The molecule has 3 aromatic rings. The highest BCUT2D eigenvalue weighted by Crippen LogP contribution is 2.33. The summed E-state index contributed by atoms with van der Waals surface area (Å²) >= 11 is 0. The van der Waals surface area contributed by atoms with Crippen LogP contribution in [0.3, 0.4) is 0 Å². The van der Waals surface area contributed by atoms with Crippen molar-refractivity contribution in [2.45, 2.75) is 25.8 Å². The molecule has 1 aromatic carbocycles. The summed E-state index contributed by atoms with van der Waals surface area (Å²) in [6.07, 6.45) is 3.53. The van der Waals surface area contributed by atoms with Crippen molar-refractivity contribution in [2.24, 2.45) is 0 Å². The Morgan fingerprint density at radius 1 is 1.21 bits per heavy atom. The van der Waals surface area contributed by atoms with Gasteiger partial charge in [-0.2, -0.15) is 0 Å². The molecule has 0 spiro atoms. The van der Waals surface area contributed by atoms with Crippen LogP contribution in [0.25, 0.3) is 11.5 Å². The predicted molar refractivity (Wildman–Crippen MR) is 88.4 cm³/mol. The van der Waals surface area contributed by atoms with Gasteiger partial charge in [-0.05, 0) is 37.5 Å². The highest BCUT2D eigenvalue weighted by atomic mass is 16.5. The third kappa shape index (κ3) is 2.62. The normalized spacial score (nSPS) is 17.4. The fraction of sp³-hybridized carbons (Fsp3) is 0.263. The zero-order chi connectivity index (χ0) is 16.5. The van der Waals surface area contributed by atoms with Crippen molar-refractivity contribution >= 4 is 5.91 Å². The summed E-state index contributed by atoms with van der Waals surface area (Å²) in [4.78, 5) is 14.8. The monoisotopic (exact) mass is 322 g/mol. The third-order valence-electron chi connectivity index (χ3n) is 4.43. The Morgan fingerprint density at radius 2 is 2.12 bits per heavy atom. The molecular weight excluding hydrogens is 304 g/mol. The molecule has 1 aliphatic rings. The topological polar surface area (TPSA) is 59.5 Å². The average Bonchev–Trinajstić information content (AvgIpc) is 3.33. The number of carbonyl (C=O) groups is 1. The number of benzene rings is 1. The van der Waals surface area contributed by atoms with Crippen molar-refractivity contribution in [3.63, 3.8) is 0 Å². The number of hydrogen-bond acceptors (Lipinski definition) is 4. The molecule has 1 amide bonds.